The van der Waals surface area contributed by atoms with Crippen molar-refractivity contribution in [2.75, 3.05) is 6.61 Å². The highest BCUT2D eigenvalue weighted by Gasteiger charge is 2.12. The molecule has 6 heteroatoms. The molecule has 0 saturated heterocycles. The summed E-state index contributed by atoms with van der Waals surface area (Å²) >= 11 is 5.78. The predicted octanol–water partition coefficient (Wildman–Crippen LogP) is 2.24. The first-order chi connectivity index (χ1) is 6.49. The Morgan fingerprint density at radius 3 is 2.71 bits per heavy atom. The average Bonchev–Trinajstić information content (AvgIpc) is 2.44. The van der Waals surface area contributed by atoms with Crippen molar-refractivity contribution in [1.82, 2.24) is 15.0 Å². The van der Waals surface area contributed by atoms with E-state index in [2.05, 4.69) is 30.0 Å². The number of hydrogen-bond acceptors (Lipinski definition) is 3. The molecular weight excluding hydrogens is 218 g/mol. The van der Waals surface area contributed by atoms with Crippen molar-refractivity contribution in [2.45, 2.75) is 32.4 Å². The SMILES string of the molecule is C[Si](C)(C)CCOCn1nncc1Cl. The molecule has 0 aliphatic rings. The summed E-state index contributed by atoms with van der Waals surface area (Å²) in [4.78, 5) is 0. The zero-order valence-electron chi connectivity index (χ0n) is 8.83. The molecule has 0 spiro atoms. The summed E-state index contributed by atoms with van der Waals surface area (Å²) < 4.78 is 6.98. The third-order valence-corrected chi connectivity index (χ3v) is 3.78. The molecule has 0 N–H and O–H groups in total. The van der Waals surface area contributed by atoms with Crippen LogP contribution in [0.5, 0.6) is 0 Å². The lowest BCUT2D eigenvalue weighted by molar-refractivity contribution is 0.0774. The van der Waals surface area contributed by atoms with Gasteiger partial charge in [-0.1, -0.05) is 36.5 Å². The van der Waals surface area contributed by atoms with E-state index < -0.39 is 8.07 Å². The van der Waals surface area contributed by atoms with Crippen LogP contribution in [0.4, 0.5) is 0 Å². The maximum Gasteiger partial charge on any atom is 0.150 e. The number of halogens is 1. The fraction of sp³-hybridized carbons (Fsp3) is 0.750. The molecule has 80 valence electrons. The van der Waals surface area contributed by atoms with Crippen molar-refractivity contribution in [3.63, 3.8) is 0 Å². The van der Waals surface area contributed by atoms with E-state index in [0.29, 0.717) is 11.9 Å². The molecule has 0 bridgehead atoms. The van der Waals surface area contributed by atoms with E-state index >= 15 is 0 Å². The van der Waals surface area contributed by atoms with Gasteiger partial charge < -0.3 is 4.74 Å². The molecule has 0 aliphatic carbocycles. The zero-order chi connectivity index (χ0) is 10.6. The van der Waals surface area contributed by atoms with Gasteiger partial charge in [-0.3, -0.25) is 0 Å². The molecular formula is C8H16ClN3OSi. The second-order valence-electron chi connectivity index (χ2n) is 4.40. The fourth-order valence-corrected chi connectivity index (χ4v) is 1.74. The van der Waals surface area contributed by atoms with Gasteiger partial charge in [0.2, 0.25) is 0 Å². The minimum absolute atomic E-state index is 0.392. The fourth-order valence-electron chi connectivity index (χ4n) is 0.862. The van der Waals surface area contributed by atoms with Gasteiger partial charge in [0.25, 0.3) is 0 Å². The van der Waals surface area contributed by atoms with Gasteiger partial charge in [-0.05, 0) is 6.04 Å². The first kappa shape index (κ1) is 11.7. The van der Waals surface area contributed by atoms with Crippen molar-refractivity contribution < 1.29 is 4.74 Å². The number of ether oxygens (including phenoxy) is 1. The molecule has 1 aromatic heterocycles. The molecule has 0 radical (unpaired) electrons. The van der Waals surface area contributed by atoms with Crippen molar-refractivity contribution in [3.8, 4) is 0 Å². The van der Waals surface area contributed by atoms with E-state index in [1.807, 2.05) is 0 Å². The van der Waals surface area contributed by atoms with Gasteiger partial charge in [-0.2, -0.15) is 0 Å². The Kier molecular flexibility index (Phi) is 4.09. The Labute approximate surface area is 90.2 Å². The smallest absolute Gasteiger partial charge is 0.150 e. The lowest BCUT2D eigenvalue weighted by atomic mass is 10.8. The Hall–Kier alpha value is -0.393. The van der Waals surface area contributed by atoms with Crippen LogP contribution < -0.4 is 0 Å². The Morgan fingerprint density at radius 1 is 1.50 bits per heavy atom. The van der Waals surface area contributed by atoms with Crippen LogP contribution in [0.25, 0.3) is 0 Å². The van der Waals surface area contributed by atoms with E-state index in [4.69, 9.17) is 16.3 Å². The Balaban J connectivity index is 2.20. The average molecular weight is 234 g/mol. The summed E-state index contributed by atoms with van der Waals surface area (Å²) in [6, 6.07) is 1.15. The van der Waals surface area contributed by atoms with E-state index in [-0.39, 0.29) is 0 Å². The monoisotopic (exact) mass is 233 g/mol. The summed E-state index contributed by atoms with van der Waals surface area (Å²) in [6.45, 7) is 8.12. The van der Waals surface area contributed by atoms with Crippen LogP contribution in [-0.4, -0.2) is 29.7 Å². The van der Waals surface area contributed by atoms with Crippen LogP contribution >= 0.6 is 11.6 Å². The lowest BCUT2D eigenvalue weighted by Gasteiger charge is -2.15. The molecule has 4 nitrogen and oxygen atoms in total. The van der Waals surface area contributed by atoms with Crippen LogP contribution in [-0.2, 0) is 11.5 Å². The predicted molar refractivity (Wildman–Crippen MR) is 59.1 cm³/mol. The van der Waals surface area contributed by atoms with Crippen molar-refractivity contribution in [1.29, 1.82) is 0 Å². The van der Waals surface area contributed by atoms with E-state index in [1.165, 1.54) is 10.9 Å². The molecule has 0 aliphatic heterocycles. The minimum atomic E-state index is -0.996. The summed E-state index contributed by atoms with van der Waals surface area (Å²) in [5.74, 6) is 0. The molecule has 0 amide bonds. The molecule has 1 heterocycles. The molecule has 14 heavy (non-hydrogen) atoms. The first-order valence-electron chi connectivity index (χ1n) is 4.61. The minimum Gasteiger partial charge on any atom is -0.359 e. The molecule has 1 rings (SSSR count). The number of aromatic nitrogens is 3. The molecule has 0 aromatic carbocycles. The van der Waals surface area contributed by atoms with E-state index in [0.717, 1.165) is 12.7 Å². The van der Waals surface area contributed by atoms with Gasteiger partial charge in [-0.25, -0.2) is 4.68 Å². The van der Waals surface area contributed by atoms with Gasteiger partial charge in [0.05, 0.1) is 6.20 Å². The molecule has 0 saturated carbocycles. The van der Waals surface area contributed by atoms with Crippen molar-refractivity contribution >= 4 is 19.7 Å². The first-order valence-corrected chi connectivity index (χ1v) is 8.69. The summed E-state index contributed by atoms with van der Waals surface area (Å²) in [6.07, 6.45) is 1.50. The zero-order valence-corrected chi connectivity index (χ0v) is 10.6. The second kappa shape index (κ2) is 4.91. The normalized spacial score (nSPS) is 12.0. The quantitative estimate of drug-likeness (QED) is 0.579. The Morgan fingerprint density at radius 2 is 2.21 bits per heavy atom. The molecule has 1 aromatic rings. The molecule has 0 fully saturated rings. The maximum absolute atomic E-state index is 5.78. The summed E-state index contributed by atoms with van der Waals surface area (Å²) in [5, 5.41) is 7.94. The summed E-state index contributed by atoms with van der Waals surface area (Å²) in [5.41, 5.74) is 0. The third kappa shape index (κ3) is 4.21. The van der Waals surface area contributed by atoms with Gasteiger partial charge >= 0.3 is 0 Å². The largest absolute Gasteiger partial charge is 0.359 e. The van der Waals surface area contributed by atoms with Crippen molar-refractivity contribution in [3.05, 3.63) is 11.3 Å². The standard InChI is InChI=1S/C8H16ClN3OSi/c1-14(2,3)5-4-13-7-12-8(9)6-10-11-12/h6H,4-5,7H2,1-3H3. The third-order valence-electron chi connectivity index (χ3n) is 1.78. The maximum atomic E-state index is 5.78. The topological polar surface area (TPSA) is 39.9 Å². The highest BCUT2D eigenvalue weighted by molar-refractivity contribution is 6.76. The van der Waals surface area contributed by atoms with Crippen LogP contribution in [0, 0.1) is 0 Å². The number of nitrogens with zero attached hydrogens (tertiary/aromatic N) is 3. The van der Waals surface area contributed by atoms with Crippen LogP contribution in [0.1, 0.15) is 0 Å². The number of hydrogen-bond donors (Lipinski definition) is 0. The molecule has 0 unspecified atom stereocenters. The lowest BCUT2D eigenvalue weighted by Crippen LogP contribution is -2.22. The summed E-state index contributed by atoms with van der Waals surface area (Å²) in [7, 11) is -0.996. The highest BCUT2D eigenvalue weighted by atomic mass is 35.5. The van der Waals surface area contributed by atoms with Crippen LogP contribution in [0.15, 0.2) is 6.20 Å². The molecule has 0 atom stereocenters. The van der Waals surface area contributed by atoms with Gasteiger partial charge in [0.1, 0.15) is 11.9 Å². The highest BCUT2D eigenvalue weighted by Crippen LogP contribution is 2.08. The van der Waals surface area contributed by atoms with Gasteiger partial charge in [-0.15, -0.1) is 5.10 Å². The second-order valence-corrected chi connectivity index (χ2v) is 10.4. The van der Waals surface area contributed by atoms with Crippen LogP contribution in [0.2, 0.25) is 30.8 Å². The van der Waals surface area contributed by atoms with Crippen molar-refractivity contribution in [2.24, 2.45) is 0 Å². The van der Waals surface area contributed by atoms with Gasteiger partial charge in [0, 0.05) is 14.7 Å². The van der Waals surface area contributed by atoms with Crippen LogP contribution in [0.3, 0.4) is 0 Å². The van der Waals surface area contributed by atoms with E-state index in [9.17, 15) is 0 Å². The van der Waals surface area contributed by atoms with Gasteiger partial charge in [0.15, 0.2) is 0 Å². The van der Waals surface area contributed by atoms with E-state index in [1.54, 1.807) is 0 Å². The Bertz CT molecular complexity index is 284. The number of rotatable bonds is 5.